The van der Waals surface area contributed by atoms with Crippen molar-refractivity contribution < 1.29 is 9.59 Å². The molecule has 0 amide bonds. The van der Waals surface area contributed by atoms with E-state index in [1.807, 2.05) is 13.8 Å². The molecule has 2 fully saturated rings. The Kier molecular flexibility index (Phi) is 1.83. The number of hydrogen-bond donors (Lipinski definition) is 0. The molecular formula is C11H16O2. The third kappa shape index (κ3) is 1.15. The van der Waals surface area contributed by atoms with Crippen molar-refractivity contribution in [3.8, 4) is 0 Å². The van der Waals surface area contributed by atoms with Crippen LogP contribution >= 0.6 is 0 Å². The predicted octanol–water partition coefficient (Wildman–Crippen LogP) is 1.97. The van der Waals surface area contributed by atoms with Gasteiger partial charge >= 0.3 is 0 Å². The molecule has 0 aliphatic heterocycles. The Morgan fingerprint density at radius 1 is 1.38 bits per heavy atom. The van der Waals surface area contributed by atoms with E-state index in [9.17, 15) is 9.59 Å². The number of rotatable bonds is 0. The van der Waals surface area contributed by atoms with Crippen molar-refractivity contribution in [2.75, 3.05) is 0 Å². The van der Waals surface area contributed by atoms with E-state index in [1.54, 1.807) is 0 Å². The van der Waals surface area contributed by atoms with E-state index in [1.165, 1.54) is 0 Å². The molecule has 3 unspecified atom stereocenters. The van der Waals surface area contributed by atoms with Crippen LogP contribution in [-0.4, -0.2) is 11.6 Å². The third-order valence-corrected chi connectivity index (χ3v) is 3.72. The van der Waals surface area contributed by atoms with Gasteiger partial charge in [-0.15, -0.1) is 0 Å². The molecule has 3 atom stereocenters. The lowest BCUT2D eigenvalue weighted by Crippen LogP contribution is -2.49. The summed E-state index contributed by atoms with van der Waals surface area (Å²) in [4.78, 5) is 23.5. The Morgan fingerprint density at radius 3 is 2.77 bits per heavy atom. The molecule has 2 aliphatic rings. The smallest absolute Gasteiger partial charge is 0.149 e. The highest BCUT2D eigenvalue weighted by atomic mass is 16.2. The first-order chi connectivity index (χ1) is 6.04. The fourth-order valence-electron chi connectivity index (χ4n) is 2.97. The van der Waals surface area contributed by atoms with Gasteiger partial charge in [0.25, 0.3) is 0 Å². The molecule has 0 heterocycles. The van der Waals surface area contributed by atoms with E-state index in [4.69, 9.17) is 0 Å². The fourth-order valence-corrected chi connectivity index (χ4v) is 2.97. The highest BCUT2D eigenvalue weighted by Gasteiger charge is 2.50. The normalized spacial score (nSPS) is 45.1. The van der Waals surface area contributed by atoms with Crippen molar-refractivity contribution in [2.45, 2.75) is 39.5 Å². The number of fused-ring (bicyclic) bond motifs is 2. The first-order valence-electron chi connectivity index (χ1n) is 5.13. The largest absolute Gasteiger partial charge is 0.299 e. The van der Waals surface area contributed by atoms with E-state index in [0.717, 1.165) is 25.7 Å². The first kappa shape index (κ1) is 8.92. The number of Topliss-reactive ketones (excluding diaryl/α,β-unsaturated/α-hetero) is 2. The van der Waals surface area contributed by atoms with Gasteiger partial charge in [-0.2, -0.15) is 0 Å². The summed E-state index contributed by atoms with van der Waals surface area (Å²) in [6.45, 7) is 4.00. The van der Waals surface area contributed by atoms with Crippen molar-refractivity contribution in [3.05, 3.63) is 0 Å². The van der Waals surface area contributed by atoms with Crippen LogP contribution in [0.2, 0.25) is 0 Å². The zero-order valence-corrected chi connectivity index (χ0v) is 8.30. The van der Waals surface area contributed by atoms with Crippen molar-refractivity contribution in [1.29, 1.82) is 0 Å². The molecule has 72 valence electrons. The average Bonchev–Trinajstić information content (AvgIpc) is 2.06. The van der Waals surface area contributed by atoms with Gasteiger partial charge in [0.15, 0.2) is 0 Å². The number of carbonyl (C=O) groups excluding carboxylic acids is 2. The Morgan fingerprint density at radius 2 is 2.08 bits per heavy atom. The molecule has 2 saturated carbocycles. The highest BCUT2D eigenvalue weighted by Crippen LogP contribution is 2.46. The van der Waals surface area contributed by atoms with Crippen molar-refractivity contribution in [1.82, 2.24) is 0 Å². The predicted molar refractivity (Wildman–Crippen MR) is 49.2 cm³/mol. The molecule has 2 heteroatoms. The maximum atomic E-state index is 11.9. The zero-order valence-electron chi connectivity index (χ0n) is 8.30. The summed E-state index contributed by atoms with van der Waals surface area (Å²) in [5.74, 6) is 0.277. The second kappa shape index (κ2) is 2.66. The van der Waals surface area contributed by atoms with Gasteiger partial charge < -0.3 is 0 Å². The minimum absolute atomic E-state index is 0.105. The molecule has 0 N–H and O–H groups in total. The molecule has 0 spiro atoms. The molecule has 2 aliphatic carbocycles. The summed E-state index contributed by atoms with van der Waals surface area (Å²) in [5, 5.41) is 0. The molecule has 13 heavy (non-hydrogen) atoms. The summed E-state index contributed by atoms with van der Waals surface area (Å²) in [5.41, 5.74) is -0.170. The van der Waals surface area contributed by atoms with Crippen molar-refractivity contribution in [3.63, 3.8) is 0 Å². The number of ketones is 2. The summed E-state index contributed by atoms with van der Waals surface area (Å²) >= 11 is 0. The minimum atomic E-state index is -0.248. The van der Waals surface area contributed by atoms with Crippen LogP contribution in [0.15, 0.2) is 0 Å². The van der Waals surface area contributed by atoms with Crippen molar-refractivity contribution >= 4 is 11.6 Å². The summed E-state index contributed by atoms with van der Waals surface area (Å²) in [6, 6.07) is 0. The topological polar surface area (TPSA) is 34.1 Å². The second-order valence-corrected chi connectivity index (χ2v) is 4.88. The van der Waals surface area contributed by atoms with Gasteiger partial charge in [0, 0.05) is 11.3 Å². The SMILES string of the molecule is CC1CC2(C)CCCC(C1=O)C2=O. The summed E-state index contributed by atoms with van der Waals surface area (Å²) < 4.78 is 0. The molecule has 2 bridgehead atoms. The van der Waals surface area contributed by atoms with Gasteiger partial charge in [-0.3, -0.25) is 9.59 Å². The van der Waals surface area contributed by atoms with E-state index < -0.39 is 0 Å². The molecule has 0 saturated heterocycles. The Bertz CT molecular complexity index is 269. The zero-order chi connectivity index (χ0) is 9.64. The summed E-state index contributed by atoms with van der Waals surface area (Å²) in [7, 11) is 0. The molecule has 0 aromatic heterocycles. The molecule has 0 radical (unpaired) electrons. The van der Waals surface area contributed by atoms with Crippen LogP contribution in [0.1, 0.15) is 39.5 Å². The summed E-state index contributed by atoms with van der Waals surface area (Å²) in [6.07, 6.45) is 3.62. The minimum Gasteiger partial charge on any atom is -0.299 e. The van der Waals surface area contributed by atoms with Gasteiger partial charge in [0.1, 0.15) is 11.6 Å². The lowest BCUT2D eigenvalue weighted by Gasteiger charge is -2.42. The lowest BCUT2D eigenvalue weighted by atomic mass is 9.59. The highest BCUT2D eigenvalue weighted by molar-refractivity contribution is 6.08. The Labute approximate surface area is 78.7 Å². The maximum absolute atomic E-state index is 11.9. The van der Waals surface area contributed by atoms with Crippen LogP contribution in [0.3, 0.4) is 0 Å². The van der Waals surface area contributed by atoms with E-state index in [2.05, 4.69) is 0 Å². The van der Waals surface area contributed by atoms with Crippen LogP contribution in [0.4, 0.5) is 0 Å². The molecule has 2 rings (SSSR count). The third-order valence-electron chi connectivity index (χ3n) is 3.72. The monoisotopic (exact) mass is 180 g/mol. The van der Waals surface area contributed by atoms with Gasteiger partial charge in [-0.1, -0.05) is 20.3 Å². The van der Waals surface area contributed by atoms with Gasteiger partial charge in [0.05, 0.1) is 5.92 Å². The standard InChI is InChI=1S/C11H16O2/c1-7-6-11(2)5-3-4-8(9(7)12)10(11)13/h7-8H,3-6H2,1-2H3. The Hall–Kier alpha value is -0.660. The molecule has 2 nitrogen and oxygen atoms in total. The molecule has 0 aromatic rings. The number of carbonyl (C=O) groups is 2. The van der Waals surface area contributed by atoms with E-state index in [-0.39, 0.29) is 28.8 Å². The van der Waals surface area contributed by atoms with Crippen molar-refractivity contribution in [2.24, 2.45) is 17.3 Å². The van der Waals surface area contributed by atoms with Gasteiger partial charge in [-0.05, 0) is 19.3 Å². The number of hydrogen-bond acceptors (Lipinski definition) is 2. The van der Waals surface area contributed by atoms with E-state index >= 15 is 0 Å². The average molecular weight is 180 g/mol. The van der Waals surface area contributed by atoms with Gasteiger partial charge in [0.2, 0.25) is 0 Å². The lowest BCUT2D eigenvalue weighted by molar-refractivity contribution is -0.150. The van der Waals surface area contributed by atoms with E-state index in [0.29, 0.717) is 0 Å². The van der Waals surface area contributed by atoms with Crippen LogP contribution in [0.25, 0.3) is 0 Å². The quantitative estimate of drug-likeness (QED) is 0.534. The van der Waals surface area contributed by atoms with Crippen LogP contribution < -0.4 is 0 Å². The molecular weight excluding hydrogens is 164 g/mol. The van der Waals surface area contributed by atoms with Crippen LogP contribution in [0, 0.1) is 17.3 Å². The van der Waals surface area contributed by atoms with Gasteiger partial charge in [-0.25, -0.2) is 0 Å². The molecule has 0 aromatic carbocycles. The second-order valence-electron chi connectivity index (χ2n) is 4.88. The van der Waals surface area contributed by atoms with Crippen LogP contribution in [0.5, 0.6) is 0 Å². The maximum Gasteiger partial charge on any atom is 0.149 e. The Balaban J connectivity index is 2.35. The fraction of sp³-hybridized carbons (Fsp3) is 0.818. The first-order valence-corrected chi connectivity index (χ1v) is 5.13. The van der Waals surface area contributed by atoms with Crippen LogP contribution in [-0.2, 0) is 9.59 Å².